The fourth-order valence-electron chi connectivity index (χ4n) is 3.46. The number of rotatable bonds is 2. The molecular weight excluding hydrogens is 264 g/mol. The van der Waals surface area contributed by atoms with Crippen LogP contribution in [0.5, 0.6) is 0 Å². The Bertz CT molecular complexity index is 478. The summed E-state index contributed by atoms with van der Waals surface area (Å²) in [7, 11) is 0. The number of carbonyl (C=O) groups is 1. The van der Waals surface area contributed by atoms with E-state index in [2.05, 4.69) is 26.7 Å². The summed E-state index contributed by atoms with van der Waals surface area (Å²) in [5.41, 5.74) is 0. The normalized spacial score (nSPS) is 26.7. The van der Waals surface area contributed by atoms with Crippen LogP contribution in [0.25, 0.3) is 0 Å². The number of nitrogens with zero attached hydrogens (tertiary/aromatic N) is 4. The van der Waals surface area contributed by atoms with Gasteiger partial charge in [-0.05, 0) is 37.7 Å². The van der Waals surface area contributed by atoms with Gasteiger partial charge in [0.25, 0.3) is 0 Å². The maximum atomic E-state index is 12.7. The van der Waals surface area contributed by atoms with Crippen LogP contribution in [0.2, 0.25) is 0 Å². The number of aromatic nitrogens is 2. The van der Waals surface area contributed by atoms with E-state index in [0.29, 0.717) is 11.8 Å². The Morgan fingerprint density at radius 2 is 1.90 bits per heavy atom. The first kappa shape index (κ1) is 14.3. The molecule has 21 heavy (non-hydrogen) atoms. The van der Waals surface area contributed by atoms with Crippen LogP contribution in [-0.2, 0) is 4.79 Å². The van der Waals surface area contributed by atoms with Crippen molar-refractivity contribution in [1.29, 1.82) is 0 Å². The molecule has 1 amide bonds. The predicted molar refractivity (Wildman–Crippen MR) is 81.9 cm³/mol. The van der Waals surface area contributed by atoms with Crippen LogP contribution in [0.3, 0.4) is 0 Å². The first-order valence-electron chi connectivity index (χ1n) is 8.05. The van der Waals surface area contributed by atoms with E-state index >= 15 is 0 Å². The molecule has 0 bridgehead atoms. The van der Waals surface area contributed by atoms with E-state index in [1.807, 2.05) is 6.07 Å². The highest BCUT2D eigenvalue weighted by Gasteiger charge is 2.31. The van der Waals surface area contributed by atoms with Gasteiger partial charge in [-0.25, -0.2) is 9.97 Å². The third-order valence-electron chi connectivity index (χ3n) is 4.57. The molecule has 114 valence electrons. The summed E-state index contributed by atoms with van der Waals surface area (Å²) in [5, 5.41) is 0. The summed E-state index contributed by atoms with van der Waals surface area (Å²) in [4.78, 5) is 25.6. The highest BCUT2D eigenvalue weighted by molar-refractivity contribution is 5.79. The van der Waals surface area contributed by atoms with Crippen molar-refractivity contribution in [3.8, 4) is 0 Å². The lowest BCUT2D eigenvalue weighted by molar-refractivity contribution is -0.137. The number of hydrogen-bond acceptors (Lipinski definition) is 4. The highest BCUT2D eigenvalue weighted by atomic mass is 16.2. The lowest BCUT2D eigenvalue weighted by Crippen LogP contribution is -2.48. The first-order valence-corrected chi connectivity index (χ1v) is 8.05. The standard InChI is InChI=1S/C16H24N4O/c1-13-5-2-9-19(11-13)15(21)14-6-3-10-20(12-14)16-17-7-4-8-18-16/h4,7-8,13-14H,2-3,5-6,9-12H2,1H3. The van der Waals surface area contributed by atoms with Gasteiger partial charge >= 0.3 is 0 Å². The van der Waals surface area contributed by atoms with Crippen LogP contribution in [-0.4, -0.2) is 47.0 Å². The van der Waals surface area contributed by atoms with Gasteiger partial charge in [-0.3, -0.25) is 4.79 Å². The van der Waals surface area contributed by atoms with Gasteiger partial charge in [0, 0.05) is 38.6 Å². The molecule has 2 aliphatic rings. The van der Waals surface area contributed by atoms with Gasteiger partial charge in [0.1, 0.15) is 0 Å². The molecule has 3 heterocycles. The molecule has 1 aromatic heterocycles. The maximum absolute atomic E-state index is 12.7. The minimum Gasteiger partial charge on any atom is -0.342 e. The van der Waals surface area contributed by atoms with Gasteiger partial charge in [-0.2, -0.15) is 0 Å². The molecule has 0 N–H and O–H groups in total. The summed E-state index contributed by atoms with van der Waals surface area (Å²) >= 11 is 0. The first-order chi connectivity index (χ1) is 10.2. The lowest BCUT2D eigenvalue weighted by atomic mass is 9.94. The predicted octanol–water partition coefficient (Wildman–Crippen LogP) is 1.95. The van der Waals surface area contributed by atoms with Gasteiger partial charge < -0.3 is 9.80 Å². The molecular formula is C16H24N4O. The zero-order valence-corrected chi connectivity index (χ0v) is 12.7. The Morgan fingerprint density at radius 1 is 1.14 bits per heavy atom. The number of hydrogen-bond donors (Lipinski definition) is 0. The minimum absolute atomic E-state index is 0.104. The van der Waals surface area contributed by atoms with E-state index in [0.717, 1.165) is 51.4 Å². The van der Waals surface area contributed by atoms with E-state index in [9.17, 15) is 4.79 Å². The maximum Gasteiger partial charge on any atom is 0.227 e. The molecule has 0 spiro atoms. The largest absolute Gasteiger partial charge is 0.342 e. The topological polar surface area (TPSA) is 49.3 Å². The summed E-state index contributed by atoms with van der Waals surface area (Å²) < 4.78 is 0. The molecule has 2 aliphatic heterocycles. The fraction of sp³-hybridized carbons (Fsp3) is 0.688. The van der Waals surface area contributed by atoms with Gasteiger partial charge in [0.2, 0.25) is 11.9 Å². The smallest absolute Gasteiger partial charge is 0.227 e. The Hall–Kier alpha value is -1.65. The van der Waals surface area contributed by atoms with E-state index in [1.54, 1.807) is 12.4 Å². The summed E-state index contributed by atoms with van der Waals surface area (Å²) in [6.07, 6.45) is 7.95. The second kappa shape index (κ2) is 6.41. The van der Waals surface area contributed by atoms with Crippen molar-refractivity contribution in [2.75, 3.05) is 31.1 Å². The minimum atomic E-state index is 0.104. The molecule has 5 nitrogen and oxygen atoms in total. The van der Waals surface area contributed by atoms with Crippen LogP contribution in [0.4, 0.5) is 5.95 Å². The molecule has 0 radical (unpaired) electrons. The van der Waals surface area contributed by atoms with Crippen molar-refractivity contribution in [3.05, 3.63) is 18.5 Å². The lowest BCUT2D eigenvalue weighted by Gasteiger charge is -2.37. The SMILES string of the molecule is CC1CCCN(C(=O)C2CCCN(c3ncccn3)C2)C1. The molecule has 2 fully saturated rings. The summed E-state index contributed by atoms with van der Waals surface area (Å²) in [6, 6.07) is 1.82. The average Bonchev–Trinajstić information content (AvgIpc) is 2.55. The third kappa shape index (κ3) is 3.34. The van der Waals surface area contributed by atoms with Gasteiger partial charge in [0.05, 0.1) is 5.92 Å². The van der Waals surface area contributed by atoms with Crippen molar-refractivity contribution in [2.24, 2.45) is 11.8 Å². The molecule has 0 saturated carbocycles. The van der Waals surface area contributed by atoms with Crippen molar-refractivity contribution >= 4 is 11.9 Å². The van der Waals surface area contributed by atoms with Crippen molar-refractivity contribution in [3.63, 3.8) is 0 Å². The second-order valence-electron chi connectivity index (χ2n) is 6.37. The Labute approximate surface area is 126 Å². The summed E-state index contributed by atoms with van der Waals surface area (Å²) in [6.45, 7) is 5.81. The van der Waals surface area contributed by atoms with Crippen LogP contribution < -0.4 is 4.90 Å². The molecule has 2 saturated heterocycles. The molecule has 5 heteroatoms. The monoisotopic (exact) mass is 288 g/mol. The Kier molecular flexibility index (Phi) is 4.36. The van der Waals surface area contributed by atoms with Gasteiger partial charge in [-0.1, -0.05) is 6.92 Å². The van der Waals surface area contributed by atoms with E-state index in [-0.39, 0.29) is 5.92 Å². The van der Waals surface area contributed by atoms with Crippen molar-refractivity contribution < 1.29 is 4.79 Å². The van der Waals surface area contributed by atoms with Crippen LogP contribution >= 0.6 is 0 Å². The van der Waals surface area contributed by atoms with E-state index in [4.69, 9.17) is 0 Å². The van der Waals surface area contributed by atoms with Crippen LogP contribution in [0.15, 0.2) is 18.5 Å². The highest BCUT2D eigenvalue weighted by Crippen LogP contribution is 2.24. The second-order valence-corrected chi connectivity index (χ2v) is 6.37. The zero-order valence-electron chi connectivity index (χ0n) is 12.7. The van der Waals surface area contributed by atoms with E-state index < -0.39 is 0 Å². The van der Waals surface area contributed by atoms with Gasteiger partial charge in [-0.15, -0.1) is 0 Å². The molecule has 2 unspecified atom stereocenters. The number of piperidine rings is 2. The molecule has 0 aliphatic carbocycles. The van der Waals surface area contributed by atoms with Gasteiger partial charge in [0.15, 0.2) is 0 Å². The molecule has 0 aromatic carbocycles. The van der Waals surface area contributed by atoms with Crippen LogP contribution in [0, 0.1) is 11.8 Å². The number of amides is 1. The zero-order chi connectivity index (χ0) is 14.7. The third-order valence-corrected chi connectivity index (χ3v) is 4.57. The van der Waals surface area contributed by atoms with Crippen molar-refractivity contribution in [1.82, 2.24) is 14.9 Å². The number of carbonyl (C=O) groups excluding carboxylic acids is 1. The molecule has 1 aromatic rings. The molecule has 2 atom stereocenters. The average molecular weight is 288 g/mol. The quantitative estimate of drug-likeness (QED) is 0.834. The van der Waals surface area contributed by atoms with Crippen molar-refractivity contribution in [2.45, 2.75) is 32.6 Å². The molecule has 3 rings (SSSR count). The Morgan fingerprint density at radius 3 is 2.67 bits per heavy atom. The fourth-order valence-corrected chi connectivity index (χ4v) is 3.46. The number of likely N-dealkylation sites (tertiary alicyclic amines) is 1. The number of anilines is 1. The summed E-state index contributed by atoms with van der Waals surface area (Å²) in [5.74, 6) is 1.83. The van der Waals surface area contributed by atoms with E-state index in [1.165, 1.54) is 6.42 Å². The van der Waals surface area contributed by atoms with Crippen LogP contribution in [0.1, 0.15) is 32.6 Å². The Balaban J connectivity index is 1.64.